The van der Waals surface area contributed by atoms with Crippen LogP contribution in [0.5, 0.6) is 5.75 Å². The van der Waals surface area contributed by atoms with E-state index in [-0.39, 0.29) is 43.1 Å². The van der Waals surface area contributed by atoms with Gasteiger partial charge in [-0.1, -0.05) is 194 Å². The molecule has 0 fully saturated rings. The molecule has 8 aromatic carbocycles. The van der Waals surface area contributed by atoms with Gasteiger partial charge in [0.15, 0.2) is 0 Å². The number of benzene rings is 8. The predicted molar refractivity (Wildman–Crippen MR) is 287 cm³/mol. The molecule has 3 heterocycles. The van der Waals surface area contributed by atoms with Gasteiger partial charge in [0.25, 0.3) is 0 Å². The van der Waals surface area contributed by atoms with Crippen molar-refractivity contribution < 1.29 is 30.6 Å². The number of phenolic OH excluding ortho intramolecular Hbond substituents is 1. The number of rotatable bonds is 6. The first kappa shape index (κ1) is 46.6. The molecule has 0 saturated carbocycles. The molecule has 0 spiro atoms. The van der Waals surface area contributed by atoms with Crippen molar-refractivity contribution in [2.75, 3.05) is 0 Å². The van der Waals surface area contributed by atoms with Crippen LogP contribution in [0.1, 0.15) is 79.0 Å². The summed E-state index contributed by atoms with van der Waals surface area (Å²) in [5.41, 5.74) is 15.0. The summed E-state index contributed by atoms with van der Waals surface area (Å²) in [5.74, 6) is 0.874. The topological polar surface area (TPSA) is 64.1 Å². The van der Waals surface area contributed by atoms with Gasteiger partial charge >= 0.3 is 0 Å². The van der Waals surface area contributed by atoms with E-state index in [0.717, 1.165) is 105 Å². The Morgan fingerprint density at radius 1 is 0.543 bits per heavy atom. The fourth-order valence-electron chi connectivity index (χ4n) is 9.80. The molecule has 11 aromatic rings. The molecule has 0 unspecified atom stereocenters. The van der Waals surface area contributed by atoms with E-state index in [2.05, 4.69) is 231 Å². The van der Waals surface area contributed by atoms with E-state index < -0.39 is 0 Å². The molecule has 0 aliphatic carbocycles. The minimum atomic E-state index is -0.357. The Morgan fingerprint density at radius 3 is 1.89 bits per heavy atom. The van der Waals surface area contributed by atoms with Crippen LogP contribution in [0, 0.1) is 6.07 Å². The van der Waals surface area contributed by atoms with E-state index >= 15 is 0 Å². The SMILES string of the molecule is CC(C)(C)c1ccc(-n2c(-c3cc(C(C)(C)C)cc(C(C)(C)C)c3O)nc3c(-c4[c-]c(-c5cc(-c6ccccc6)ccn5)cc5c4oc4cc6ccccc6cc45)cccc32)c(-c2ccccc2)c1.[Pt]. The van der Waals surface area contributed by atoms with Crippen molar-refractivity contribution in [1.82, 2.24) is 14.5 Å². The molecule has 0 aliphatic rings. The maximum atomic E-state index is 12.7. The Balaban J connectivity index is 0.00000567. The van der Waals surface area contributed by atoms with E-state index in [1.807, 2.05) is 12.3 Å². The number of furan rings is 1. The molecule has 70 heavy (non-hydrogen) atoms. The van der Waals surface area contributed by atoms with Crippen molar-refractivity contribution in [2.24, 2.45) is 0 Å². The van der Waals surface area contributed by atoms with E-state index in [1.165, 1.54) is 5.56 Å². The van der Waals surface area contributed by atoms with Gasteiger partial charge in [-0.05, 0) is 103 Å². The molecule has 0 bridgehead atoms. The second-order valence-corrected chi connectivity index (χ2v) is 21.6. The second-order valence-electron chi connectivity index (χ2n) is 21.6. The van der Waals surface area contributed by atoms with Gasteiger partial charge in [0, 0.05) is 49.5 Å². The van der Waals surface area contributed by atoms with Gasteiger partial charge < -0.3 is 9.52 Å². The Kier molecular flexibility index (Phi) is 11.6. The van der Waals surface area contributed by atoms with Crippen LogP contribution in [-0.2, 0) is 37.3 Å². The summed E-state index contributed by atoms with van der Waals surface area (Å²) < 4.78 is 9.27. The number of para-hydroxylation sites is 1. The number of nitrogens with zero attached hydrogens (tertiary/aromatic N) is 3. The molecule has 5 nitrogen and oxygen atoms in total. The van der Waals surface area contributed by atoms with Crippen molar-refractivity contribution in [2.45, 2.75) is 78.6 Å². The summed E-state index contributed by atoms with van der Waals surface area (Å²) in [6.07, 6.45) is 1.88. The van der Waals surface area contributed by atoms with E-state index in [1.54, 1.807) is 0 Å². The fraction of sp³-hybridized carbons (Fsp3) is 0.188. The molecular weight excluding hydrogens is 1040 g/mol. The Labute approximate surface area is 425 Å². The summed E-state index contributed by atoms with van der Waals surface area (Å²) in [4.78, 5) is 10.7. The summed E-state index contributed by atoms with van der Waals surface area (Å²) in [6.45, 7) is 19.9. The van der Waals surface area contributed by atoms with Crippen LogP contribution in [0.4, 0.5) is 0 Å². The van der Waals surface area contributed by atoms with Crippen LogP contribution < -0.4 is 0 Å². The summed E-state index contributed by atoms with van der Waals surface area (Å²) in [5, 5.41) is 16.9. The third kappa shape index (κ3) is 8.24. The normalized spacial score (nSPS) is 12.3. The molecule has 11 rings (SSSR count). The monoisotopic (exact) mass is 1090 g/mol. The third-order valence-electron chi connectivity index (χ3n) is 13.7. The van der Waals surface area contributed by atoms with Gasteiger partial charge in [-0.25, -0.2) is 4.98 Å². The maximum absolute atomic E-state index is 12.7. The molecular formula is C64H56N3O2Pt-. The van der Waals surface area contributed by atoms with Crippen molar-refractivity contribution in [1.29, 1.82) is 0 Å². The first-order valence-corrected chi connectivity index (χ1v) is 23.9. The van der Waals surface area contributed by atoms with Crippen molar-refractivity contribution in [3.8, 4) is 67.5 Å². The van der Waals surface area contributed by atoms with Gasteiger partial charge in [-0.3, -0.25) is 9.55 Å². The first-order valence-electron chi connectivity index (χ1n) is 23.9. The van der Waals surface area contributed by atoms with Crippen molar-refractivity contribution in [3.63, 3.8) is 0 Å². The molecule has 0 amide bonds. The number of hydrogen-bond acceptors (Lipinski definition) is 4. The van der Waals surface area contributed by atoms with Crippen LogP contribution in [0.2, 0.25) is 0 Å². The van der Waals surface area contributed by atoms with Gasteiger partial charge in [0.2, 0.25) is 0 Å². The molecule has 6 heteroatoms. The molecule has 1 N–H and O–H groups in total. The first-order chi connectivity index (χ1) is 33.0. The standard InChI is InChI=1S/C64H56N3O2.Pt/c1-62(2,3)45-27-28-55(48(36-45)40-21-14-11-15-22-40)67-56-26-18-25-47(58(56)66-61(67)52-37-46(63(4,5)6)38-53(59(52)68)64(7,8)9)50-32-44(54-34-43(29-30-65-54)39-19-12-10-13-20-39)33-51-49-31-41-23-16-17-24-42(41)35-57(49)69-60(50)51;/h10-31,33-38,68H,1-9H3;/q-1;. The van der Waals surface area contributed by atoms with Gasteiger partial charge in [0.1, 0.15) is 17.2 Å². The molecule has 0 saturated heterocycles. The minimum absolute atomic E-state index is 0. The van der Waals surface area contributed by atoms with Gasteiger partial charge in [-0.2, -0.15) is 0 Å². The third-order valence-corrected chi connectivity index (χ3v) is 13.7. The Morgan fingerprint density at radius 2 is 1.20 bits per heavy atom. The zero-order valence-electron chi connectivity index (χ0n) is 41.2. The number of phenols is 1. The molecule has 0 atom stereocenters. The summed E-state index contributed by atoms with van der Waals surface area (Å²) in [6, 6.07) is 61.5. The van der Waals surface area contributed by atoms with E-state index in [4.69, 9.17) is 14.4 Å². The van der Waals surface area contributed by atoms with Crippen LogP contribution in [0.3, 0.4) is 0 Å². The number of pyridine rings is 1. The summed E-state index contributed by atoms with van der Waals surface area (Å²) >= 11 is 0. The Hall–Kier alpha value is -7.07. The molecule has 350 valence electrons. The van der Waals surface area contributed by atoms with Gasteiger partial charge in [0.05, 0.1) is 27.9 Å². The number of aromatic hydroxyl groups is 1. The van der Waals surface area contributed by atoms with Crippen LogP contribution in [0.25, 0.3) is 105 Å². The van der Waals surface area contributed by atoms with Crippen LogP contribution in [0.15, 0.2) is 174 Å². The zero-order chi connectivity index (χ0) is 48.0. The maximum Gasteiger partial charge on any atom is 0.148 e. The second kappa shape index (κ2) is 17.4. The minimum Gasteiger partial charge on any atom is -0.507 e. The van der Waals surface area contributed by atoms with E-state index in [9.17, 15) is 5.11 Å². The van der Waals surface area contributed by atoms with E-state index in [0.29, 0.717) is 11.4 Å². The van der Waals surface area contributed by atoms with Crippen LogP contribution >= 0.6 is 0 Å². The molecule has 0 aliphatic heterocycles. The Bertz CT molecular complexity index is 3790. The number of imidazole rings is 1. The molecule has 0 radical (unpaired) electrons. The fourth-order valence-corrected chi connectivity index (χ4v) is 9.80. The van der Waals surface area contributed by atoms with Crippen molar-refractivity contribution >= 4 is 43.7 Å². The number of hydrogen-bond donors (Lipinski definition) is 1. The average Bonchev–Trinajstić information content (AvgIpc) is 3.90. The molecule has 3 aromatic heterocycles. The largest absolute Gasteiger partial charge is 0.507 e. The predicted octanol–water partition coefficient (Wildman–Crippen LogP) is 17.2. The van der Waals surface area contributed by atoms with Gasteiger partial charge in [-0.15, -0.1) is 12.1 Å². The smallest absolute Gasteiger partial charge is 0.148 e. The van der Waals surface area contributed by atoms with Crippen LogP contribution in [-0.4, -0.2) is 19.6 Å². The number of aromatic nitrogens is 3. The zero-order valence-corrected chi connectivity index (χ0v) is 43.5. The summed E-state index contributed by atoms with van der Waals surface area (Å²) in [7, 11) is 0. The van der Waals surface area contributed by atoms with Crippen molar-refractivity contribution in [3.05, 3.63) is 193 Å². The average molecular weight is 1090 g/mol. The quantitative estimate of drug-likeness (QED) is 0.169. The number of fused-ring (bicyclic) bond motifs is 5.